The van der Waals surface area contributed by atoms with Gasteiger partial charge in [-0.25, -0.2) is 4.79 Å². The highest BCUT2D eigenvalue weighted by Gasteiger charge is 2.42. The average Bonchev–Trinajstić information content (AvgIpc) is 2.75. The van der Waals surface area contributed by atoms with E-state index in [-0.39, 0.29) is 17.8 Å². The molecule has 1 N–H and O–H groups in total. The Kier molecular flexibility index (Phi) is 13.7. The average molecular weight is 458 g/mol. The summed E-state index contributed by atoms with van der Waals surface area (Å²) in [7, 11) is 0. The molecule has 0 unspecified atom stereocenters. The van der Waals surface area contributed by atoms with E-state index in [4.69, 9.17) is 5.11 Å². The molecule has 0 spiro atoms. The summed E-state index contributed by atoms with van der Waals surface area (Å²) in [5.41, 5.74) is 0.0247. The minimum atomic E-state index is -4.97. The van der Waals surface area contributed by atoms with Gasteiger partial charge in [0.15, 0.2) is 0 Å². The van der Waals surface area contributed by atoms with Gasteiger partial charge in [-0.1, -0.05) is 90.4 Å². The normalized spacial score (nSPS) is 11.5. The first kappa shape index (κ1) is 28.0. The fourth-order valence-electron chi connectivity index (χ4n) is 3.75. The molecular weight excluding hydrogens is 419 g/mol. The van der Waals surface area contributed by atoms with E-state index in [1.807, 2.05) is 0 Å². The van der Waals surface area contributed by atoms with Crippen molar-refractivity contribution >= 4 is 17.6 Å². The van der Waals surface area contributed by atoms with Crippen LogP contribution in [0.25, 0.3) is 0 Å². The van der Waals surface area contributed by atoms with Gasteiger partial charge in [0.1, 0.15) is 0 Å². The van der Waals surface area contributed by atoms with Gasteiger partial charge in [0, 0.05) is 12.2 Å². The van der Waals surface area contributed by atoms with Crippen molar-refractivity contribution in [3.63, 3.8) is 0 Å². The first-order valence-electron chi connectivity index (χ1n) is 12.0. The highest BCUT2D eigenvalue weighted by atomic mass is 19.4. The summed E-state index contributed by atoms with van der Waals surface area (Å²) in [5, 5.41) is 8.94. The van der Waals surface area contributed by atoms with Crippen LogP contribution < -0.4 is 4.90 Å². The van der Waals surface area contributed by atoms with Crippen LogP contribution in [0, 0.1) is 0 Å². The van der Waals surface area contributed by atoms with Crippen molar-refractivity contribution in [2.24, 2.45) is 0 Å². The van der Waals surface area contributed by atoms with Crippen molar-refractivity contribution in [2.75, 3.05) is 11.4 Å². The Balaban J connectivity index is 2.28. The number of benzene rings is 1. The molecule has 7 heteroatoms. The number of carbonyl (C=O) groups is 2. The summed E-state index contributed by atoms with van der Waals surface area (Å²) in [6.07, 6.45) is 11.0. The number of carboxylic acids is 1. The van der Waals surface area contributed by atoms with E-state index in [1.54, 1.807) is 0 Å². The van der Waals surface area contributed by atoms with Gasteiger partial charge in [0.25, 0.3) is 0 Å². The van der Waals surface area contributed by atoms with Gasteiger partial charge in [-0.3, -0.25) is 4.79 Å². The molecule has 1 amide bonds. The zero-order valence-electron chi connectivity index (χ0n) is 19.3. The first-order valence-corrected chi connectivity index (χ1v) is 12.0. The van der Waals surface area contributed by atoms with E-state index < -0.39 is 18.1 Å². The van der Waals surface area contributed by atoms with Crippen molar-refractivity contribution in [3.05, 3.63) is 29.8 Å². The number of rotatable bonds is 17. The Labute approximate surface area is 190 Å². The number of carboxylic acid groups (broad SMARTS) is 1. The largest absolute Gasteiger partial charge is 0.478 e. The van der Waals surface area contributed by atoms with E-state index in [9.17, 15) is 22.8 Å². The Morgan fingerprint density at radius 2 is 1.16 bits per heavy atom. The van der Waals surface area contributed by atoms with Crippen LogP contribution in [0.3, 0.4) is 0 Å². The third-order valence-electron chi connectivity index (χ3n) is 5.65. The Hall–Kier alpha value is -2.05. The molecule has 1 rings (SSSR count). The SMILES string of the molecule is CCCCCCCCCCCCCCCCN(C(=O)C(F)(F)F)c1ccc(C(=O)O)cc1. The van der Waals surface area contributed by atoms with E-state index in [0.29, 0.717) is 11.3 Å². The van der Waals surface area contributed by atoms with E-state index in [1.165, 1.54) is 82.1 Å². The molecule has 182 valence electrons. The standard InChI is InChI=1S/C25H38F3NO3/c1-2-3-4-5-6-7-8-9-10-11-12-13-14-15-20-29(24(32)25(26,27)28)22-18-16-21(17-19-22)23(30)31/h16-19H,2-15,20H2,1H3,(H,30,31). The molecule has 0 saturated carbocycles. The number of nitrogens with zero attached hydrogens (tertiary/aromatic N) is 1. The summed E-state index contributed by atoms with van der Waals surface area (Å²) in [5.74, 6) is -3.09. The van der Waals surface area contributed by atoms with Gasteiger partial charge in [0.05, 0.1) is 5.56 Å². The van der Waals surface area contributed by atoms with Gasteiger partial charge in [-0.2, -0.15) is 13.2 Å². The first-order chi connectivity index (χ1) is 15.3. The van der Waals surface area contributed by atoms with Crippen molar-refractivity contribution in [1.82, 2.24) is 0 Å². The molecule has 0 radical (unpaired) electrons. The molecular formula is C25H38F3NO3. The van der Waals surface area contributed by atoms with Crippen molar-refractivity contribution < 1.29 is 27.9 Å². The minimum absolute atomic E-state index is 0.0374. The molecule has 0 fully saturated rings. The maximum Gasteiger partial charge on any atom is 0.471 e. The second-order valence-electron chi connectivity index (χ2n) is 8.40. The molecule has 0 atom stereocenters. The molecule has 1 aromatic carbocycles. The summed E-state index contributed by atoms with van der Waals surface area (Å²) in [4.78, 5) is 23.5. The molecule has 0 saturated heterocycles. The quantitative estimate of drug-likeness (QED) is 0.243. The topological polar surface area (TPSA) is 57.6 Å². The van der Waals surface area contributed by atoms with E-state index >= 15 is 0 Å². The van der Waals surface area contributed by atoms with Gasteiger partial charge >= 0.3 is 18.1 Å². The summed E-state index contributed by atoms with van der Waals surface area (Å²) in [6, 6.07) is 4.91. The monoisotopic (exact) mass is 457 g/mol. The number of hydrogen-bond acceptors (Lipinski definition) is 2. The van der Waals surface area contributed by atoms with Crippen molar-refractivity contribution in [3.8, 4) is 0 Å². The zero-order chi connectivity index (χ0) is 23.8. The van der Waals surface area contributed by atoms with Gasteiger partial charge < -0.3 is 10.0 Å². The Morgan fingerprint density at radius 3 is 1.53 bits per heavy atom. The Bertz CT molecular complexity index is 659. The summed E-state index contributed by atoms with van der Waals surface area (Å²) >= 11 is 0. The molecule has 0 aliphatic carbocycles. The van der Waals surface area contributed by atoms with Crippen LogP contribution in [0.1, 0.15) is 107 Å². The number of carbonyl (C=O) groups excluding carboxylic acids is 1. The highest BCUT2D eigenvalue weighted by Crippen LogP contribution is 2.25. The molecule has 4 nitrogen and oxygen atoms in total. The maximum absolute atomic E-state index is 13.0. The molecule has 0 aromatic heterocycles. The lowest BCUT2D eigenvalue weighted by Gasteiger charge is -2.24. The molecule has 0 heterocycles. The number of aromatic carboxylic acids is 1. The molecule has 1 aromatic rings. The fourth-order valence-corrected chi connectivity index (χ4v) is 3.75. The van der Waals surface area contributed by atoms with E-state index in [2.05, 4.69) is 6.92 Å². The number of unbranched alkanes of at least 4 members (excludes halogenated alkanes) is 13. The predicted octanol–water partition coefficient (Wildman–Crippen LogP) is 7.76. The summed E-state index contributed by atoms with van der Waals surface area (Å²) in [6.45, 7) is 2.18. The van der Waals surface area contributed by atoms with E-state index in [0.717, 1.165) is 25.7 Å². The van der Waals surface area contributed by atoms with Crippen LogP contribution >= 0.6 is 0 Å². The lowest BCUT2D eigenvalue weighted by Crippen LogP contribution is -2.41. The highest BCUT2D eigenvalue weighted by molar-refractivity contribution is 5.97. The van der Waals surface area contributed by atoms with Gasteiger partial charge in [-0.05, 0) is 30.7 Å². The third kappa shape index (κ3) is 11.5. The van der Waals surface area contributed by atoms with Crippen molar-refractivity contribution in [1.29, 1.82) is 0 Å². The molecule has 0 bridgehead atoms. The van der Waals surface area contributed by atoms with Gasteiger partial charge in [-0.15, -0.1) is 0 Å². The predicted molar refractivity (Wildman–Crippen MR) is 122 cm³/mol. The van der Waals surface area contributed by atoms with Crippen molar-refractivity contribution in [2.45, 2.75) is 103 Å². The van der Waals surface area contributed by atoms with Crippen LogP contribution in [0.4, 0.5) is 18.9 Å². The maximum atomic E-state index is 13.0. The van der Waals surface area contributed by atoms with Gasteiger partial charge in [0.2, 0.25) is 0 Å². The number of anilines is 1. The van der Waals surface area contributed by atoms with Crippen LogP contribution in [0.2, 0.25) is 0 Å². The number of alkyl halides is 3. The third-order valence-corrected chi connectivity index (χ3v) is 5.65. The molecule has 0 aliphatic rings. The smallest absolute Gasteiger partial charge is 0.471 e. The second-order valence-corrected chi connectivity index (χ2v) is 8.40. The fraction of sp³-hybridized carbons (Fsp3) is 0.680. The number of halogens is 3. The van der Waals surface area contributed by atoms with Crippen LogP contribution in [0.15, 0.2) is 24.3 Å². The van der Waals surface area contributed by atoms with Crippen LogP contribution in [0.5, 0.6) is 0 Å². The molecule has 0 aliphatic heterocycles. The molecule has 32 heavy (non-hydrogen) atoms. The van der Waals surface area contributed by atoms with Crippen LogP contribution in [-0.2, 0) is 4.79 Å². The lowest BCUT2D eigenvalue weighted by molar-refractivity contribution is -0.170. The lowest BCUT2D eigenvalue weighted by atomic mass is 10.0. The number of amides is 1. The summed E-state index contributed by atoms with van der Waals surface area (Å²) < 4.78 is 39.0. The second kappa shape index (κ2) is 15.7. The zero-order valence-corrected chi connectivity index (χ0v) is 19.3. The van der Waals surface area contributed by atoms with Crippen LogP contribution in [-0.4, -0.2) is 29.7 Å². The minimum Gasteiger partial charge on any atom is -0.478 e. The Morgan fingerprint density at radius 1 is 0.750 bits per heavy atom. The number of hydrogen-bond donors (Lipinski definition) is 1.